The van der Waals surface area contributed by atoms with E-state index in [9.17, 15) is 0 Å². The molecule has 0 saturated heterocycles. The maximum Gasteiger partial charge on any atom is 0.132 e. The van der Waals surface area contributed by atoms with Crippen molar-refractivity contribution in [2.45, 2.75) is 46.1 Å². The van der Waals surface area contributed by atoms with Crippen LogP contribution < -0.4 is 0 Å². The van der Waals surface area contributed by atoms with Crippen LogP contribution in [0.2, 0.25) is 0 Å². The van der Waals surface area contributed by atoms with Crippen LogP contribution in [-0.4, -0.2) is 11.8 Å². The standard InChI is InChI=1S/C9H17NO/c1-4-5-8-6-9(7(2)3)10-11-8/h7-8H,4-6H2,1-3H3. The van der Waals surface area contributed by atoms with Gasteiger partial charge in [0.1, 0.15) is 6.10 Å². The number of oxime groups is 1. The van der Waals surface area contributed by atoms with Crippen molar-refractivity contribution in [3.63, 3.8) is 0 Å². The molecule has 0 aliphatic carbocycles. The highest BCUT2D eigenvalue weighted by atomic mass is 16.6. The Bertz CT molecular complexity index is 152. The zero-order chi connectivity index (χ0) is 8.27. The molecule has 1 heterocycles. The average Bonchev–Trinajstić information content (AvgIpc) is 2.37. The van der Waals surface area contributed by atoms with Gasteiger partial charge in [0.2, 0.25) is 0 Å². The lowest BCUT2D eigenvalue weighted by molar-refractivity contribution is 0.0786. The Labute approximate surface area is 68.6 Å². The fourth-order valence-corrected chi connectivity index (χ4v) is 1.27. The molecule has 0 radical (unpaired) electrons. The van der Waals surface area contributed by atoms with E-state index in [-0.39, 0.29) is 0 Å². The average molecular weight is 155 g/mol. The van der Waals surface area contributed by atoms with Crippen molar-refractivity contribution in [2.24, 2.45) is 11.1 Å². The van der Waals surface area contributed by atoms with Gasteiger partial charge in [-0.05, 0) is 12.3 Å². The van der Waals surface area contributed by atoms with Crippen molar-refractivity contribution in [1.29, 1.82) is 0 Å². The Morgan fingerprint density at radius 3 is 2.82 bits per heavy atom. The van der Waals surface area contributed by atoms with Gasteiger partial charge in [0.15, 0.2) is 0 Å². The van der Waals surface area contributed by atoms with E-state index in [2.05, 4.69) is 25.9 Å². The molecule has 0 amide bonds. The van der Waals surface area contributed by atoms with E-state index in [0.717, 1.165) is 12.8 Å². The summed E-state index contributed by atoms with van der Waals surface area (Å²) in [6, 6.07) is 0. The maximum atomic E-state index is 5.26. The van der Waals surface area contributed by atoms with E-state index >= 15 is 0 Å². The molecule has 2 nitrogen and oxygen atoms in total. The van der Waals surface area contributed by atoms with Gasteiger partial charge in [0.25, 0.3) is 0 Å². The Hall–Kier alpha value is -0.530. The first-order valence-corrected chi connectivity index (χ1v) is 4.46. The second-order valence-electron chi connectivity index (χ2n) is 3.46. The van der Waals surface area contributed by atoms with Gasteiger partial charge in [-0.25, -0.2) is 0 Å². The second-order valence-corrected chi connectivity index (χ2v) is 3.46. The third kappa shape index (κ3) is 2.21. The molecule has 1 rings (SSSR count). The van der Waals surface area contributed by atoms with Crippen molar-refractivity contribution < 1.29 is 4.84 Å². The van der Waals surface area contributed by atoms with Crippen LogP contribution in [0, 0.1) is 5.92 Å². The summed E-state index contributed by atoms with van der Waals surface area (Å²) in [5, 5.41) is 4.05. The van der Waals surface area contributed by atoms with E-state index in [0.29, 0.717) is 12.0 Å². The molecule has 1 aliphatic heterocycles. The molecule has 2 heteroatoms. The number of hydrogen-bond acceptors (Lipinski definition) is 2. The predicted molar refractivity (Wildman–Crippen MR) is 46.7 cm³/mol. The largest absolute Gasteiger partial charge is 0.392 e. The first kappa shape index (κ1) is 8.57. The van der Waals surface area contributed by atoms with Crippen molar-refractivity contribution in [3.05, 3.63) is 0 Å². The molecule has 0 aromatic rings. The minimum absolute atomic E-state index is 0.373. The molecule has 1 unspecified atom stereocenters. The molecular weight excluding hydrogens is 138 g/mol. The van der Waals surface area contributed by atoms with E-state index in [4.69, 9.17) is 4.84 Å². The third-order valence-corrected chi connectivity index (χ3v) is 2.03. The minimum Gasteiger partial charge on any atom is -0.392 e. The number of hydrogen-bond donors (Lipinski definition) is 0. The molecule has 0 saturated carbocycles. The molecule has 64 valence electrons. The Morgan fingerprint density at radius 2 is 2.36 bits per heavy atom. The summed E-state index contributed by atoms with van der Waals surface area (Å²) in [6.45, 7) is 6.50. The van der Waals surface area contributed by atoms with Gasteiger partial charge in [0, 0.05) is 6.42 Å². The Morgan fingerprint density at radius 1 is 1.64 bits per heavy atom. The van der Waals surface area contributed by atoms with Crippen LogP contribution in [0.4, 0.5) is 0 Å². The van der Waals surface area contributed by atoms with E-state index < -0.39 is 0 Å². The zero-order valence-corrected chi connectivity index (χ0v) is 7.63. The van der Waals surface area contributed by atoms with Gasteiger partial charge in [-0.15, -0.1) is 0 Å². The van der Waals surface area contributed by atoms with Gasteiger partial charge < -0.3 is 4.84 Å². The summed E-state index contributed by atoms with van der Waals surface area (Å²) in [5.74, 6) is 0.553. The van der Waals surface area contributed by atoms with Gasteiger partial charge in [-0.2, -0.15) is 0 Å². The lowest BCUT2D eigenvalue weighted by Gasteiger charge is -2.05. The van der Waals surface area contributed by atoms with E-state index in [1.807, 2.05) is 0 Å². The second kappa shape index (κ2) is 3.74. The molecule has 0 aromatic heterocycles. The molecule has 0 N–H and O–H groups in total. The Kier molecular flexibility index (Phi) is 2.92. The van der Waals surface area contributed by atoms with Crippen LogP contribution in [0.1, 0.15) is 40.0 Å². The van der Waals surface area contributed by atoms with Gasteiger partial charge in [0.05, 0.1) is 5.71 Å². The summed E-state index contributed by atoms with van der Waals surface area (Å²) in [7, 11) is 0. The third-order valence-electron chi connectivity index (χ3n) is 2.03. The quantitative estimate of drug-likeness (QED) is 0.614. The molecule has 0 fully saturated rings. The van der Waals surface area contributed by atoms with E-state index in [1.54, 1.807) is 0 Å². The Balaban J connectivity index is 2.31. The van der Waals surface area contributed by atoms with Crippen LogP contribution in [0.15, 0.2) is 5.16 Å². The van der Waals surface area contributed by atoms with Crippen molar-refractivity contribution in [2.75, 3.05) is 0 Å². The SMILES string of the molecule is CCCC1CC(C(C)C)=NO1. The summed E-state index contributed by atoms with van der Waals surface area (Å²) < 4.78 is 0. The predicted octanol–water partition coefficient (Wildman–Crippen LogP) is 2.59. The summed E-state index contributed by atoms with van der Waals surface area (Å²) in [6.07, 6.45) is 3.74. The monoisotopic (exact) mass is 155 g/mol. The molecule has 0 bridgehead atoms. The smallest absolute Gasteiger partial charge is 0.132 e. The fraction of sp³-hybridized carbons (Fsp3) is 0.889. The summed E-state index contributed by atoms with van der Waals surface area (Å²) in [4.78, 5) is 5.26. The molecule has 1 atom stereocenters. The number of nitrogens with zero attached hydrogens (tertiary/aromatic N) is 1. The van der Waals surface area contributed by atoms with Gasteiger partial charge in [-0.1, -0.05) is 32.3 Å². The molecule has 1 aliphatic rings. The van der Waals surface area contributed by atoms with Gasteiger partial charge in [-0.3, -0.25) is 0 Å². The van der Waals surface area contributed by atoms with Crippen molar-refractivity contribution in [3.8, 4) is 0 Å². The van der Waals surface area contributed by atoms with Crippen molar-refractivity contribution >= 4 is 5.71 Å². The van der Waals surface area contributed by atoms with Crippen LogP contribution >= 0.6 is 0 Å². The topological polar surface area (TPSA) is 21.6 Å². The summed E-state index contributed by atoms with van der Waals surface area (Å²) in [5.41, 5.74) is 1.23. The highest BCUT2D eigenvalue weighted by Crippen LogP contribution is 2.19. The lowest BCUT2D eigenvalue weighted by Crippen LogP contribution is -2.10. The maximum absolute atomic E-state index is 5.26. The van der Waals surface area contributed by atoms with Crippen LogP contribution in [0.5, 0.6) is 0 Å². The van der Waals surface area contributed by atoms with Crippen molar-refractivity contribution in [1.82, 2.24) is 0 Å². The molecular formula is C9H17NO. The first-order chi connectivity index (χ1) is 5.24. The first-order valence-electron chi connectivity index (χ1n) is 4.46. The highest BCUT2D eigenvalue weighted by molar-refractivity contribution is 5.87. The van der Waals surface area contributed by atoms with Gasteiger partial charge >= 0.3 is 0 Å². The highest BCUT2D eigenvalue weighted by Gasteiger charge is 2.21. The minimum atomic E-state index is 0.373. The van der Waals surface area contributed by atoms with Crippen LogP contribution in [0.25, 0.3) is 0 Å². The zero-order valence-electron chi connectivity index (χ0n) is 7.63. The molecule has 0 aromatic carbocycles. The van der Waals surface area contributed by atoms with E-state index in [1.165, 1.54) is 12.1 Å². The molecule has 0 spiro atoms. The van der Waals surface area contributed by atoms with Crippen LogP contribution in [0.3, 0.4) is 0 Å². The normalized spacial score (nSPS) is 23.6. The summed E-state index contributed by atoms with van der Waals surface area (Å²) >= 11 is 0. The van der Waals surface area contributed by atoms with Crippen LogP contribution in [-0.2, 0) is 4.84 Å². The lowest BCUT2D eigenvalue weighted by atomic mass is 10.0. The molecule has 11 heavy (non-hydrogen) atoms. The number of rotatable bonds is 3. The fourth-order valence-electron chi connectivity index (χ4n) is 1.27.